The van der Waals surface area contributed by atoms with Crippen LogP contribution in [0.5, 0.6) is 5.75 Å². The number of amides is 2. The summed E-state index contributed by atoms with van der Waals surface area (Å²) in [5.74, 6) is -0.763. The number of nitriles is 1. The van der Waals surface area contributed by atoms with E-state index in [1.54, 1.807) is 24.3 Å². The zero-order valence-corrected chi connectivity index (χ0v) is 18.3. The molecule has 0 radical (unpaired) electrons. The molecule has 2 amide bonds. The number of rotatable bonds is 7. The molecule has 3 rings (SSSR count). The Bertz CT molecular complexity index is 1280. The summed E-state index contributed by atoms with van der Waals surface area (Å²) >= 11 is 5.74. The molecule has 3 aromatic rings. The summed E-state index contributed by atoms with van der Waals surface area (Å²) in [6, 6.07) is 20.3. The van der Waals surface area contributed by atoms with Gasteiger partial charge in [-0.1, -0.05) is 41.9 Å². The molecule has 170 valence electrons. The van der Waals surface area contributed by atoms with E-state index in [1.807, 2.05) is 24.3 Å². The second-order valence-corrected chi connectivity index (χ2v) is 7.25. The lowest BCUT2D eigenvalue weighted by Gasteiger charge is -2.08. The molecule has 0 aliphatic heterocycles. The highest BCUT2D eigenvalue weighted by molar-refractivity contribution is 6.32. The largest absolute Gasteiger partial charge is 0.484 e. The molecule has 3 aromatic carbocycles. The van der Waals surface area contributed by atoms with Gasteiger partial charge in [0.25, 0.3) is 17.5 Å². The fourth-order valence-corrected chi connectivity index (χ4v) is 2.97. The third-order valence-corrected chi connectivity index (χ3v) is 4.81. The van der Waals surface area contributed by atoms with E-state index in [0.29, 0.717) is 16.9 Å². The second kappa shape index (κ2) is 11.3. The van der Waals surface area contributed by atoms with Crippen LogP contribution in [0.15, 0.2) is 72.8 Å². The number of nitro benzene ring substituents is 1. The van der Waals surface area contributed by atoms with Crippen LogP contribution in [0.2, 0.25) is 5.02 Å². The molecule has 0 unspecified atom stereocenters. The Morgan fingerprint density at radius 2 is 1.68 bits per heavy atom. The van der Waals surface area contributed by atoms with Gasteiger partial charge in [-0.15, -0.1) is 0 Å². The number of hydrogen-bond donors (Lipinski definition) is 2. The van der Waals surface area contributed by atoms with Crippen molar-refractivity contribution in [2.24, 2.45) is 0 Å². The van der Waals surface area contributed by atoms with Crippen molar-refractivity contribution < 1.29 is 19.2 Å². The lowest BCUT2D eigenvalue weighted by Crippen LogP contribution is -2.43. The average molecular weight is 477 g/mol. The second-order valence-electron chi connectivity index (χ2n) is 6.84. The number of halogens is 1. The summed E-state index contributed by atoms with van der Waals surface area (Å²) in [7, 11) is 0. The Labute approximate surface area is 199 Å². The van der Waals surface area contributed by atoms with Crippen molar-refractivity contribution in [1.29, 1.82) is 5.26 Å². The highest BCUT2D eigenvalue weighted by Gasteiger charge is 2.12. The molecule has 0 aromatic heterocycles. The fraction of sp³-hybridized carbons (Fsp3) is 0.0417. The van der Waals surface area contributed by atoms with Gasteiger partial charge in [0.2, 0.25) is 0 Å². The Balaban J connectivity index is 1.45. The number of nitrogens with one attached hydrogen (secondary N) is 2. The molecule has 9 nitrogen and oxygen atoms in total. The highest BCUT2D eigenvalue weighted by Crippen LogP contribution is 2.25. The molecule has 2 N–H and O–H groups in total. The SMILES string of the molecule is N#Cc1ccc(-c2ccc(OCC(=O)NNC(=O)/C=C/c3ccc(Cl)c([N+](=O)[O-])c3)cc2)cc1. The van der Waals surface area contributed by atoms with E-state index < -0.39 is 16.7 Å². The van der Waals surface area contributed by atoms with Crippen LogP contribution in [-0.2, 0) is 9.59 Å². The molecular formula is C24H17ClN4O5. The maximum atomic E-state index is 11.9. The van der Waals surface area contributed by atoms with Gasteiger partial charge in [0.05, 0.1) is 16.6 Å². The summed E-state index contributed by atoms with van der Waals surface area (Å²) in [6.45, 7) is -0.330. The predicted molar refractivity (Wildman–Crippen MR) is 126 cm³/mol. The molecule has 0 bridgehead atoms. The standard InChI is InChI=1S/C24H17ClN4O5/c25-21-11-3-16(13-22(21)29(32)33)4-12-23(30)27-28-24(31)15-34-20-9-7-19(8-10-20)18-5-1-17(14-26)2-6-18/h1-13H,15H2,(H,27,30)(H,28,31)/b12-4+. The van der Waals surface area contributed by atoms with Crippen LogP contribution >= 0.6 is 11.6 Å². The molecule has 0 aliphatic carbocycles. The van der Waals surface area contributed by atoms with Gasteiger partial charge < -0.3 is 4.74 Å². The first-order valence-corrected chi connectivity index (χ1v) is 10.2. The van der Waals surface area contributed by atoms with Crippen LogP contribution < -0.4 is 15.6 Å². The van der Waals surface area contributed by atoms with E-state index in [9.17, 15) is 19.7 Å². The minimum absolute atomic E-state index is 0.0113. The molecule has 0 heterocycles. The molecule has 0 fully saturated rings. The monoisotopic (exact) mass is 476 g/mol. The van der Waals surface area contributed by atoms with Gasteiger partial charge in [-0.25, -0.2) is 0 Å². The maximum Gasteiger partial charge on any atom is 0.288 e. The van der Waals surface area contributed by atoms with Crippen LogP contribution in [0.4, 0.5) is 5.69 Å². The molecule has 0 aliphatic rings. The Morgan fingerprint density at radius 1 is 1.03 bits per heavy atom. The van der Waals surface area contributed by atoms with Crippen molar-refractivity contribution in [2.75, 3.05) is 6.61 Å². The first kappa shape index (κ1) is 24.0. The van der Waals surface area contributed by atoms with Crippen molar-refractivity contribution in [3.63, 3.8) is 0 Å². The summed E-state index contributed by atoms with van der Waals surface area (Å²) in [4.78, 5) is 34.1. The number of nitrogens with zero attached hydrogens (tertiary/aromatic N) is 2. The third kappa shape index (κ3) is 6.66. The highest BCUT2D eigenvalue weighted by atomic mass is 35.5. The molecule has 34 heavy (non-hydrogen) atoms. The summed E-state index contributed by atoms with van der Waals surface area (Å²) in [5, 5.41) is 19.8. The van der Waals surface area contributed by atoms with E-state index in [1.165, 1.54) is 24.3 Å². The van der Waals surface area contributed by atoms with E-state index in [4.69, 9.17) is 21.6 Å². The third-order valence-electron chi connectivity index (χ3n) is 4.49. The van der Waals surface area contributed by atoms with E-state index in [0.717, 1.165) is 17.2 Å². The number of benzene rings is 3. The number of carbonyl (C=O) groups excluding carboxylic acids is 2. The first-order valence-electron chi connectivity index (χ1n) is 9.80. The van der Waals surface area contributed by atoms with Crippen molar-refractivity contribution in [2.45, 2.75) is 0 Å². The van der Waals surface area contributed by atoms with Gasteiger partial charge in [-0.3, -0.25) is 30.6 Å². The Kier molecular flexibility index (Phi) is 7.94. The quantitative estimate of drug-likeness (QED) is 0.300. The van der Waals surface area contributed by atoms with E-state index in [-0.39, 0.29) is 17.3 Å². The number of hydrogen-bond acceptors (Lipinski definition) is 6. The zero-order chi connectivity index (χ0) is 24.5. The predicted octanol–water partition coefficient (Wildman–Crippen LogP) is 4.03. The van der Waals surface area contributed by atoms with Gasteiger partial charge >= 0.3 is 0 Å². The van der Waals surface area contributed by atoms with E-state index in [2.05, 4.69) is 16.9 Å². The molecule has 0 saturated carbocycles. The van der Waals surface area contributed by atoms with Crippen molar-refractivity contribution in [1.82, 2.24) is 10.9 Å². The molecule has 0 spiro atoms. The zero-order valence-electron chi connectivity index (χ0n) is 17.5. The van der Waals surface area contributed by atoms with Crippen molar-refractivity contribution >= 4 is 35.2 Å². The number of hydrazine groups is 1. The van der Waals surface area contributed by atoms with Gasteiger partial charge in [0.1, 0.15) is 10.8 Å². The number of ether oxygens (including phenoxy) is 1. The topological polar surface area (TPSA) is 134 Å². The average Bonchev–Trinajstić information content (AvgIpc) is 2.86. The van der Waals surface area contributed by atoms with Crippen molar-refractivity contribution in [3.8, 4) is 22.9 Å². The lowest BCUT2D eigenvalue weighted by atomic mass is 10.0. The van der Waals surface area contributed by atoms with Crippen LogP contribution in [0.1, 0.15) is 11.1 Å². The lowest BCUT2D eigenvalue weighted by molar-refractivity contribution is -0.384. The number of nitro groups is 1. The summed E-state index contributed by atoms with van der Waals surface area (Å²) < 4.78 is 5.40. The minimum atomic E-state index is -0.641. The van der Waals surface area contributed by atoms with Crippen LogP contribution in [-0.4, -0.2) is 23.3 Å². The van der Waals surface area contributed by atoms with Gasteiger partial charge in [-0.05, 0) is 53.1 Å². The van der Waals surface area contributed by atoms with Gasteiger partial charge in [0, 0.05) is 12.1 Å². The summed E-state index contributed by atoms with van der Waals surface area (Å²) in [6.07, 6.45) is 2.45. The number of carbonyl (C=O) groups is 2. The Morgan fingerprint density at radius 3 is 2.29 bits per heavy atom. The van der Waals surface area contributed by atoms with Gasteiger partial charge in [-0.2, -0.15) is 5.26 Å². The van der Waals surface area contributed by atoms with Crippen LogP contribution in [0.3, 0.4) is 0 Å². The molecule has 0 saturated heterocycles. The Hall–Kier alpha value is -4.68. The minimum Gasteiger partial charge on any atom is -0.484 e. The smallest absolute Gasteiger partial charge is 0.288 e. The fourth-order valence-electron chi connectivity index (χ4n) is 2.78. The maximum absolute atomic E-state index is 11.9. The van der Waals surface area contributed by atoms with Crippen LogP contribution in [0.25, 0.3) is 17.2 Å². The molecule has 10 heteroatoms. The molecule has 0 atom stereocenters. The summed E-state index contributed by atoms with van der Waals surface area (Å²) in [5.41, 5.74) is 6.95. The van der Waals surface area contributed by atoms with E-state index >= 15 is 0 Å². The van der Waals surface area contributed by atoms with Crippen LogP contribution in [0, 0.1) is 21.4 Å². The normalized spacial score (nSPS) is 10.4. The van der Waals surface area contributed by atoms with Crippen molar-refractivity contribution in [3.05, 3.63) is 99.1 Å². The first-order chi connectivity index (χ1) is 16.4. The molecular weight excluding hydrogens is 460 g/mol. The van der Waals surface area contributed by atoms with Gasteiger partial charge in [0.15, 0.2) is 6.61 Å².